The number of carbonyl (C=O) groups excluding carboxylic acids is 1. The molecule has 1 amide bonds. The Kier molecular flexibility index (Phi) is 4.48. The number of nitrogens with zero attached hydrogens (tertiary/aromatic N) is 3. The van der Waals surface area contributed by atoms with E-state index >= 15 is 0 Å². The van der Waals surface area contributed by atoms with E-state index in [0.29, 0.717) is 12.2 Å². The van der Waals surface area contributed by atoms with Gasteiger partial charge in [0.2, 0.25) is 5.91 Å². The number of hydrogen-bond donors (Lipinski definition) is 1. The minimum absolute atomic E-state index is 0.00406. The largest absolute Gasteiger partial charge is 0.378 e. The molecule has 1 aromatic carbocycles. The van der Waals surface area contributed by atoms with Crippen LogP contribution in [-0.2, 0) is 16.6 Å². The van der Waals surface area contributed by atoms with Gasteiger partial charge < -0.3 is 10.1 Å². The maximum Gasteiger partial charge on any atom is 0.226 e. The van der Waals surface area contributed by atoms with E-state index in [1.807, 2.05) is 31.3 Å². The van der Waals surface area contributed by atoms with Crippen LogP contribution in [0.15, 0.2) is 30.6 Å². The Hall–Kier alpha value is -2.21. The molecule has 1 aromatic heterocycles. The highest BCUT2D eigenvalue weighted by Crippen LogP contribution is 2.19. The van der Waals surface area contributed by atoms with Crippen LogP contribution in [0, 0.1) is 0 Å². The molecule has 2 heterocycles. The average Bonchev–Trinajstić information content (AvgIpc) is 2.95. The monoisotopic (exact) mass is 300 g/mol. The molecule has 0 saturated carbocycles. The van der Waals surface area contributed by atoms with E-state index in [9.17, 15) is 4.79 Å². The topological polar surface area (TPSA) is 69.0 Å². The second-order valence-electron chi connectivity index (χ2n) is 5.56. The Morgan fingerprint density at radius 1 is 1.36 bits per heavy atom. The van der Waals surface area contributed by atoms with Crippen molar-refractivity contribution in [1.82, 2.24) is 14.8 Å². The van der Waals surface area contributed by atoms with Crippen molar-refractivity contribution in [3.05, 3.63) is 30.6 Å². The Labute approximate surface area is 129 Å². The zero-order chi connectivity index (χ0) is 15.4. The summed E-state index contributed by atoms with van der Waals surface area (Å²) < 4.78 is 7.25. The molecule has 2 aromatic rings. The molecule has 22 heavy (non-hydrogen) atoms. The van der Waals surface area contributed by atoms with Gasteiger partial charge in [0.05, 0.1) is 12.5 Å². The van der Waals surface area contributed by atoms with E-state index in [-0.39, 0.29) is 12.0 Å². The molecular weight excluding hydrogens is 280 g/mol. The van der Waals surface area contributed by atoms with Crippen LogP contribution in [0.5, 0.6) is 0 Å². The summed E-state index contributed by atoms with van der Waals surface area (Å²) in [7, 11) is 1.83. The first-order chi connectivity index (χ1) is 10.7. The van der Waals surface area contributed by atoms with Gasteiger partial charge in [-0.25, -0.2) is 4.98 Å². The highest BCUT2D eigenvalue weighted by Gasteiger charge is 2.17. The number of carbonyl (C=O) groups is 1. The van der Waals surface area contributed by atoms with Crippen molar-refractivity contribution >= 4 is 11.6 Å². The molecule has 1 saturated heterocycles. The van der Waals surface area contributed by atoms with Crippen molar-refractivity contribution in [1.29, 1.82) is 0 Å². The third-order valence-corrected chi connectivity index (χ3v) is 3.71. The van der Waals surface area contributed by atoms with E-state index in [0.717, 1.165) is 37.1 Å². The summed E-state index contributed by atoms with van der Waals surface area (Å²) in [6, 6.07) is 7.54. The normalized spacial score (nSPS) is 18.1. The maximum absolute atomic E-state index is 12.0. The lowest BCUT2D eigenvalue weighted by Crippen LogP contribution is -2.25. The van der Waals surface area contributed by atoms with Crippen LogP contribution in [0.4, 0.5) is 5.69 Å². The first-order valence-electron chi connectivity index (χ1n) is 7.58. The highest BCUT2D eigenvalue weighted by atomic mass is 16.5. The molecule has 0 bridgehead atoms. The second kappa shape index (κ2) is 6.70. The highest BCUT2D eigenvalue weighted by molar-refractivity contribution is 5.91. The van der Waals surface area contributed by atoms with Gasteiger partial charge in [-0.3, -0.25) is 9.48 Å². The van der Waals surface area contributed by atoms with Crippen LogP contribution < -0.4 is 5.32 Å². The van der Waals surface area contributed by atoms with Crippen molar-refractivity contribution in [3.63, 3.8) is 0 Å². The van der Waals surface area contributed by atoms with Gasteiger partial charge in [-0.05, 0) is 43.5 Å². The Bertz CT molecular complexity index is 630. The fourth-order valence-corrected chi connectivity index (χ4v) is 2.56. The summed E-state index contributed by atoms with van der Waals surface area (Å²) in [6.07, 6.45) is 5.35. The van der Waals surface area contributed by atoms with Gasteiger partial charge in [-0.1, -0.05) is 0 Å². The lowest BCUT2D eigenvalue weighted by Gasteiger charge is -2.21. The minimum Gasteiger partial charge on any atom is -0.378 e. The standard InChI is InChI=1S/C16H20N4O2/c1-20-11-17-16(19-20)12-5-7-13(8-6-12)18-15(21)10-14-4-2-3-9-22-14/h5-8,11,14H,2-4,9-10H2,1H3,(H,18,21)/t14-/m1/s1. The van der Waals surface area contributed by atoms with Crippen LogP contribution in [0.25, 0.3) is 11.4 Å². The molecule has 1 N–H and O–H groups in total. The zero-order valence-corrected chi connectivity index (χ0v) is 12.7. The summed E-state index contributed by atoms with van der Waals surface area (Å²) in [4.78, 5) is 16.2. The van der Waals surface area contributed by atoms with Crippen molar-refractivity contribution < 1.29 is 9.53 Å². The molecule has 1 atom stereocenters. The minimum atomic E-state index is -0.00406. The van der Waals surface area contributed by atoms with Crippen LogP contribution in [0.3, 0.4) is 0 Å². The molecule has 0 unspecified atom stereocenters. The van der Waals surface area contributed by atoms with Gasteiger partial charge >= 0.3 is 0 Å². The van der Waals surface area contributed by atoms with E-state index in [2.05, 4.69) is 15.4 Å². The Balaban J connectivity index is 1.57. The number of anilines is 1. The summed E-state index contributed by atoms with van der Waals surface area (Å²) in [6.45, 7) is 0.768. The third kappa shape index (κ3) is 3.71. The molecule has 3 rings (SSSR count). The fourth-order valence-electron chi connectivity index (χ4n) is 2.56. The van der Waals surface area contributed by atoms with E-state index in [1.165, 1.54) is 0 Å². The van der Waals surface area contributed by atoms with Crippen LogP contribution in [-0.4, -0.2) is 33.4 Å². The zero-order valence-electron chi connectivity index (χ0n) is 12.7. The summed E-state index contributed by atoms with van der Waals surface area (Å²) in [5.41, 5.74) is 1.70. The summed E-state index contributed by atoms with van der Waals surface area (Å²) >= 11 is 0. The van der Waals surface area contributed by atoms with Crippen molar-refractivity contribution in [3.8, 4) is 11.4 Å². The molecule has 1 aliphatic heterocycles. The van der Waals surface area contributed by atoms with Gasteiger partial charge in [0.1, 0.15) is 6.33 Å². The van der Waals surface area contributed by atoms with Gasteiger partial charge in [-0.15, -0.1) is 0 Å². The first kappa shape index (κ1) is 14.7. The first-order valence-corrected chi connectivity index (χ1v) is 7.58. The van der Waals surface area contributed by atoms with Crippen LogP contribution in [0.2, 0.25) is 0 Å². The predicted octanol–water partition coefficient (Wildman–Crippen LogP) is 2.38. The molecule has 6 heteroatoms. The van der Waals surface area contributed by atoms with Crippen LogP contribution in [0.1, 0.15) is 25.7 Å². The molecule has 0 aliphatic carbocycles. The molecule has 0 spiro atoms. The van der Waals surface area contributed by atoms with Crippen molar-refractivity contribution in [2.24, 2.45) is 7.05 Å². The number of rotatable bonds is 4. The van der Waals surface area contributed by atoms with E-state index < -0.39 is 0 Å². The molecule has 6 nitrogen and oxygen atoms in total. The summed E-state index contributed by atoms with van der Waals surface area (Å²) in [5, 5.41) is 7.16. The molecule has 116 valence electrons. The average molecular weight is 300 g/mol. The lowest BCUT2D eigenvalue weighted by atomic mass is 10.1. The van der Waals surface area contributed by atoms with Crippen LogP contribution >= 0.6 is 0 Å². The van der Waals surface area contributed by atoms with Gasteiger partial charge in [-0.2, -0.15) is 5.10 Å². The van der Waals surface area contributed by atoms with Gasteiger partial charge in [0, 0.05) is 24.9 Å². The van der Waals surface area contributed by atoms with E-state index in [4.69, 9.17) is 4.74 Å². The predicted molar refractivity (Wildman–Crippen MR) is 83.3 cm³/mol. The number of nitrogens with one attached hydrogen (secondary N) is 1. The maximum atomic E-state index is 12.0. The number of ether oxygens (including phenoxy) is 1. The number of benzene rings is 1. The molecule has 0 radical (unpaired) electrons. The number of hydrogen-bond acceptors (Lipinski definition) is 4. The molecular formula is C16H20N4O2. The fraction of sp³-hybridized carbons (Fsp3) is 0.438. The number of aromatic nitrogens is 3. The lowest BCUT2D eigenvalue weighted by molar-refractivity contribution is -0.119. The Morgan fingerprint density at radius 3 is 2.82 bits per heavy atom. The smallest absolute Gasteiger partial charge is 0.226 e. The molecule has 1 aliphatic rings. The summed E-state index contributed by atoms with van der Waals surface area (Å²) in [5.74, 6) is 0.673. The SMILES string of the molecule is Cn1cnc(-c2ccc(NC(=O)C[C@H]3CCCCO3)cc2)n1. The van der Waals surface area contributed by atoms with Gasteiger partial charge in [0.25, 0.3) is 0 Å². The quantitative estimate of drug-likeness (QED) is 0.941. The van der Waals surface area contributed by atoms with Crippen molar-refractivity contribution in [2.45, 2.75) is 31.8 Å². The second-order valence-corrected chi connectivity index (χ2v) is 5.56. The molecule has 1 fully saturated rings. The van der Waals surface area contributed by atoms with E-state index in [1.54, 1.807) is 11.0 Å². The number of amides is 1. The third-order valence-electron chi connectivity index (χ3n) is 3.71. The van der Waals surface area contributed by atoms with Gasteiger partial charge in [0.15, 0.2) is 5.82 Å². The number of aryl methyl sites for hydroxylation is 1. The van der Waals surface area contributed by atoms with Crippen molar-refractivity contribution in [2.75, 3.05) is 11.9 Å². The Morgan fingerprint density at radius 2 is 2.18 bits per heavy atom.